The molecule has 0 aliphatic rings. The van der Waals surface area contributed by atoms with Crippen molar-refractivity contribution in [2.75, 3.05) is 0 Å². The third-order valence-electron chi connectivity index (χ3n) is 1.55. The lowest BCUT2D eigenvalue weighted by atomic mass is 10.3. The van der Waals surface area contributed by atoms with Gasteiger partial charge in [-0.15, -0.1) is 0 Å². The van der Waals surface area contributed by atoms with Crippen LogP contribution >= 0.6 is 0 Å². The SMILES string of the molecule is NCc1cnc2cncn2c1. The van der Waals surface area contributed by atoms with Crippen molar-refractivity contribution < 1.29 is 0 Å². The van der Waals surface area contributed by atoms with E-state index in [1.807, 2.05) is 10.6 Å². The molecule has 0 bridgehead atoms. The van der Waals surface area contributed by atoms with E-state index in [0.717, 1.165) is 11.2 Å². The molecule has 2 N–H and O–H groups in total. The second-order valence-electron chi connectivity index (χ2n) is 2.33. The predicted octanol–water partition coefficient (Wildman–Crippen LogP) is 0.188. The van der Waals surface area contributed by atoms with Gasteiger partial charge in [-0.3, -0.25) is 4.40 Å². The number of rotatable bonds is 1. The minimum Gasteiger partial charge on any atom is -0.326 e. The van der Waals surface area contributed by atoms with Crippen molar-refractivity contribution in [3.8, 4) is 0 Å². The van der Waals surface area contributed by atoms with Crippen LogP contribution in [-0.4, -0.2) is 14.4 Å². The van der Waals surface area contributed by atoms with Crippen molar-refractivity contribution in [1.82, 2.24) is 14.4 Å². The highest BCUT2D eigenvalue weighted by Gasteiger charge is 1.94. The fraction of sp³-hybridized carbons (Fsp3) is 0.143. The largest absolute Gasteiger partial charge is 0.326 e. The van der Waals surface area contributed by atoms with Crippen LogP contribution in [0, 0.1) is 0 Å². The lowest BCUT2D eigenvalue weighted by molar-refractivity contribution is 0.993. The Labute approximate surface area is 63.7 Å². The van der Waals surface area contributed by atoms with Gasteiger partial charge in [-0.25, -0.2) is 9.97 Å². The van der Waals surface area contributed by atoms with Crippen LogP contribution in [0.15, 0.2) is 24.9 Å². The Morgan fingerprint density at radius 1 is 1.45 bits per heavy atom. The monoisotopic (exact) mass is 148 g/mol. The molecule has 0 unspecified atom stereocenters. The minimum absolute atomic E-state index is 0.515. The maximum Gasteiger partial charge on any atom is 0.156 e. The molecule has 4 heteroatoms. The van der Waals surface area contributed by atoms with Crippen molar-refractivity contribution in [3.05, 3.63) is 30.5 Å². The van der Waals surface area contributed by atoms with Crippen molar-refractivity contribution in [1.29, 1.82) is 0 Å². The summed E-state index contributed by atoms with van der Waals surface area (Å²) in [6.07, 6.45) is 7.11. The molecule has 0 spiro atoms. The van der Waals surface area contributed by atoms with Crippen molar-refractivity contribution in [2.24, 2.45) is 5.73 Å². The zero-order valence-corrected chi connectivity index (χ0v) is 5.94. The molecule has 0 aromatic carbocycles. The molecule has 0 aliphatic carbocycles. The first-order valence-electron chi connectivity index (χ1n) is 3.37. The topological polar surface area (TPSA) is 56.2 Å². The standard InChI is InChI=1S/C7H8N4/c8-1-6-2-10-7-3-9-5-11(7)4-6/h2-5H,1,8H2. The van der Waals surface area contributed by atoms with Gasteiger partial charge in [-0.1, -0.05) is 0 Å². The summed E-state index contributed by atoms with van der Waals surface area (Å²) in [6, 6.07) is 0. The zero-order valence-electron chi connectivity index (χ0n) is 5.94. The number of hydrogen-bond donors (Lipinski definition) is 1. The van der Waals surface area contributed by atoms with Crippen LogP contribution in [0.5, 0.6) is 0 Å². The van der Waals surface area contributed by atoms with Gasteiger partial charge in [0.05, 0.1) is 6.20 Å². The van der Waals surface area contributed by atoms with Crippen molar-refractivity contribution in [2.45, 2.75) is 6.54 Å². The van der Waals surface area contributed by atoms with Crippen LogP contribution in [-0.2, 0) is 6.54 Å². The molecule has 0 fully saturated rings. The summed E-state index contributed by atoms with van der Waals surface area (Å²) in [6.45, 7) is 0.515. The fourth-order valence-corrected chi connectivity index (χ4v) is 0.964. The van der Waals surface area contributed by atoms with Gasteiger partial charge in [-0.2, -0.15) is 0 Å². The second-order valence-corrected chi connectivity index (χ2v) is 2.33. The molecule has 0 atom stereocenters. The molecule has 0 aliphatic heterocycles. The lowest BCUT2D eigenvalue weighted by Gasteiger charge is -1.95. The molecule has 4 nitrogen and oxygen atoms in total. The maximum atomic E-state index is 5.44. The van der Waals surface area contributed by atoms with E-state index in [2.05, 4.69) is 9.97 Å². The van der Waals surface area contributed by atoms with Crippen LogP contribution in [0.3, 0.4) is 0 Å². The molecule has 0 amide bonds. The average Bonchev–Trinajstić information content (AvgIpc) is 2.50. The summed E-state index contributed by atoms with van der Waals surface area (Å²) in [5.74, 6) is 0. The summed E-state index contributed by atoms with van der Waals surface area (Å²) >= 11 is 0. The molecule has 0 saturated carbocycles. The Bertz CT molecular complexity index is 365. The van der Waals surface area contributed by atoms with E-state index in [-0.39, 0.29) is 0 Å². The molecule has 11 heavy (non-hydrogen) atoms. The van der Waals surface area contributed by atoms with Gasteiger partial charge in [0.1, 0.15) is 6.33 Å². The third-order valence-corrected chi connectivity index (χ3v) is 1.55. The van der Waals surface area contributed by atoms with Gasteiger partial charge >= 0.3 is 0 Å². The Kier molecular flexibility index (Phi) is 1.33. The van der Waals surface area contributed by atoms with Crippen LogP contribution in [0.4, 0.5) is 0 Å². The van der Waals surface area contributed by atoms with Crippen molar-refractivity contribution in [3.63, 3.8) is 0 Å². The molecule has 2 aromatic rings. The first-order chi connectivity index (χ1) is 5.40. The van der Waals surface area contributed by atoms with E-state index in [0.29, 0.717) is 6.54 Å². The van der Waals surface area contributed by atoms with Crippen LogP contribution < -0.4 is 5.73 Å². The molecule has 2 aromatic heterocycles. The lowest BCUT2D eigenvalue weighted by Crippen LogP contribution is -1.99. The molecule has 0 saturated heterocycles. The van der Waals surface area contributed by atoms with Gasteiger partial charge in [0.2, 0.25) is 0 Å². The quantitative estimate of drug-likeness (QED) is 0.628. The highest BCUT2D eigenvalue weighted by atomic mass is 15.0. The van der Waals surface area contributed by atoms with E-state index >= 15 is 0 Å². The zero-order chi connectivity index (χ0) is 7.68. The van der Waals surface area contributed by atoms with Gasteiger partial charge in [0, 0.05) is 24.5 Å². The fourth-order valence-electron chi connectivity index (χ4n) is 0.964. The highest BCUT2D eigenvalue weighted by Crippen LogP contribution is 1.99. The van der Waals surface area contributed by atoms with Gasteiger partial charge in [0.15, 0.2) is 5.65 Å². The van der Waals surface area contributed by atoms with Gasteiger partial charge in [-0.05, 0) is 0 Å². The average molecular weight is 148 g/mol. The molecular weight excluding hydrogens is 140 g/mol. The second kappa shape index (κ2) is 2.32. The Hall–Kier alpha value is -1.42. The van der Waals surface area contributed by atoms with Gasteiger partial charge < -0.3 is 5.73 Å². The van der Waals surface area contributed by atoms with Crippen LogP contribution in [0.1, 0.15) is 5.56 Å². The minimum atomic E-state index is 0.515. The maximum absolute atomic E-state index is 5.44. The summed E-state index contributed by atoms with van der Waals surface area (Å²) in [5, 5.41) is 0. The number of nitrogens with zero attached hydrogens (tertiary/aromatic N) is 3. The first-order valence-corrected chi connectivity index (χ1v) is 3.37. The Morgan fingerprint density at radius 3 is 3.18 bits per heavy atom. The van der Waals surface area contributed by atoms with Crippen LogP contribution in [0.25, 0.3) is 5.65 Å². The molecule has 56 valence electrons. The van der Waals surface area contributed by atoms with E-state index in [9.17, 15) is 0 Å². The molecule has 2 heterocycles. The first kappa shape index (κ1) is 6.30. The Morgan fingerprint density at radius 2 is 2.36 bits per heavy atom. The molecule has 0 radical (unpaired) electrons. The van der Waals surface area contributed by atoms with E-state index < -0.39 is 0 Å². The van der Waals surface area contributed by atoms with Crippen LogP contribution in [0.2, 0.25) is 0 Å². The smallest absolute Gasteiger partial charge is 0.156 e. The third kappa shape index (κ3) is 0.969. The van der Waals surface area contributed by atoms with Gasteiger partial charge in [0.25, 0.3) is 0 Å². The van der Waals surface area contributed by atoms with Crippen molar-refractivity contribution >= 4 is 5.65 Å². The Balaban J connectivity index is 2.67. The molecule has 2 rings (SSSR count). The predicted molar refractivity (Wildman–Crippen MR) is 40.9 cm³/mol. The number of imidazole rings is 1. The number of fused-ring (bicyclic) bond motifs is 1. The number of aromatic nitrogens is 3. The molecular formula is C7H8N4. The van der Waals surface area contributed by atoms with E-state index in [1.165, 1.54) is 0 Å². The van der Waals surface area contributed by atoms with E-state index in [1.54, 1.807) is 18.7 Å². The normalized spacial score (nSPS) is 10.6. The summed E-state index contributed by atoms with van der Waals surface area (Å²) < 4.78 is 1.85. The summed E-state index contributed by atoms with van der Waals surface area (Å²) in [5.41, 5.74) is 7.29. The summed E-state index contributed by atoms with van der Waals surface area (Å²) in [4.78, 5) is 8.07. The van der Waals surface area contributed by atoms with E-state index in [4.69, 9.17) is 5.73 Å². The number of hydrogen-bond acceptors (Lipinski definition) is 3. The summed E-state index contributed by atoms with van der Waals surface area (Å²) in [7, 11) is 0. The number of nitrogens with two attached hydrogens (primary N) is 1. The highest BCUT2D eigenvalue weighted by molar-refractivity contribution is 5.34.